The van der Waals surface area contributed by atoms with E-state index in [-0.39, 0.29) is 11.8 Å². The molecule has 194 valence electrons. The van der Waals surface area contributed by atoms with Gasteiger partial charge >= 0.3 is 0 Å². The van der Waals surface area contributed by atoms with E-state index in [0.717, 1.165) is 73.6 Å². The van der Waals surface area contributed by atoms with E-state index < -0.39 is 0 Å². The third-order valence-corrected chi connectivity index (χ3v) is 8.36. The fourth-order valence-electron chi connectivity index (χ4n) is 6.28. The first-order valence-corrected chi connectivity index (χ1v) is 13.9. The maximum atomic E-state index is 13.6. The quantitative estimate of drug-likeness (QED) is 0.608. The predicted octanol–water partition coefficient (Wildman–Crippen LogP) is 4.08. The second-order valence-corrected chi connectivity index (χ2v) is 10.9. The molecule has 5 rings (SSSR count). The smallest absolute Gasteiger partial charge is 0.230 e. The zero-order valence-electron chi connectivity index (χ0n) is 22.3. The lowest BCUT2D eigenvalue weighted by molar-refractivity contribution is -0.133. The van der Waals surface area contributed by atoms with Crippen LogP contribution < -0.4 is 9.80 Å². The number of fused-ring (bicyclic) bond motifs is 1. The van der Waals surface area contributed by atoms with Gasteiger partial charge in [-0.05, 0) is 24.8 Å². The van der Waals surface area contributed by atoms with Crippen molar-refractivity contribution in [2.75, 3.05) is 56.6 Å². The molecule has 36 heavy (non-hydrogen) atoms. The molecule has 2 aliphatic heterocycles. The van der Waals surface area contributed by atoms with Gasteiger partial charge < -0.3 is 14.7 Å². The van der Waals surface area contributed by atoms with Crippen LogP contribution in [-0.2, 0) is 17.8 Å². The van der Waals surface area contributed by atoms with Gasteiger partial charge in [0.2, 0.25) is 11.9 Å². The fourth-order valence-corrected chi connectivity index (χ4v) is 6.28. The number of carbonyl (C=O) groups is 1. The van der Waals surface area contributed by atoms with E-state index in [1.54, 1.807) is 0 Å². The third-order valence-electron chi connectivity index (χ3n) is 8.36. The molecular formula is C29H42N6O. The van der Waals surface area contributed by atoms with Crippen LogP contribution >= 0.6 is 0 Å². The first-order chi connectivity index (χ1) is 17.5. The molecule has 3 aliphatic rings. The van der Waals surface area contributed by atoms with Crippen LogP contribution in [-0.4, -0.2) is 78.5 Å². The SMILES string of the molecule is CC[C@H](C(=O)N1CCc2nc(N3CCN(C4CCCCC4)CC3)nc(N(C)C)c2C1)c1ccccc1. The Hall–Kier alpha value is -2.67. The minimum absolute atomic E-state index is 0.101. The molecule has 7 heteroatoms. The van der Waals surface area contributed by atoms with E-state index in [1.165, 1.54) is 32.1 Å². The number of piperazine rings is 1. The van der Waals surface area contributed by atoms with E-state index in [0.29, 0.717) is 13.1 Å². The number of aromatic nitrogens is 2. The molecule has 2 fully saturated rings. The molecule has 1 amide bonds. The highest BCUT2D eigenvalue weighted by atomic mass is 16.2. The van der Waals surface area contributed by atoms with Crippen molar-refractivity contribution in [3.8, 4) is 0 Å². The minimum atomic E-state index is -0.101. The van der Waals surface area contributed by atoms with Gasteiger partial charge in [0.05, 0.1) is 18.2 Å². The van der Waals surface area contributed by atoms with Crippen molar-refractivity contribution in [1.29, 1.82) is 0 Å². The predicted molar refractivity (Wildman–Crippen MR) is 146 cm³/mol. The molecular weight excluding hydrogens is 448 g/mol. The first-order valence-electron chi connectivity index (χ1n) is 13.9. The van der Waals surface area contributed by atoms with Crippen LogP contribution in [0.25, 0.3) is 0 Å². The van der Waals surface area contributed by atoms with Crippen LogP contribution in [0.1, 0.15) is 68.2 Å². The third kappa shape index (κ3) is 5.22. The van der Waals surface area contributed by atoms with Gasteiger partial charge in [-0.3, -0.25) is 9.69 Å². The summed E-state index contributed by atoms with van der Waals surface area (Å²) in [6, 6.07) is 11.0. The largest absolute Gasteiger partial charge is 0.362 e. The normalized spacial score (nSPS) is 20.2. The first kappa shape index (κ1) is 25.0. The lowest BCUT2D eigenvalue weighted by Gasteiger charge is -2.41. The number of carbonyl (C=O) groups excluding carboxylic acids is 1. The Labute approximate surface area is 216 Å². The number of nitrogens with zero attached hydrogens (tertiary/aromatic N) is 6. The van der Waals surface area contributed by atoms with Gasteiger partial charge in [-0.25, -0.2) is 4.98 Å². The van der Waals surface area contributed by atoms with Gasteiger partial charge in [-0.15, -0.1) is 0 Å². The van der Waals surface area contributed by atoms with E-state index >= 15 is 0 Å². The Balaban J connectivity index is 1.31. The highest BCUT2D eigenvalue weighted by Crippen LogP contribution is 2.31. The second kappa shape index (κ2) is 11.2. The standard InChI is InChI=1S/C29H42N6O/c1-4-24(22-11-7-5-8-12-22)28(36)35-16-15-26-25(21-35)27(32(2)3)31-29(30-26)34-19-17-33(18-20-34)23-13-9-6-10-14-23/h5,7-8,11-12,23-24H,4,6,9-10,13-21H2,1-3H3/t24-/m0/s1. The molecule has 1 aliphatic carbocycles. The summed E-state index contributed by atoms with van der Waals surface area (Å²) in [6.07, 6.45) is 8.47. The maximum absolute atomic E-state index is 13.6. The topological polar surface area (TPSA) is 55.8 Å². The molecule has 2 aromatic rings. The van der Waals surface area contributed by atoms with Crippen LogP contribution in [0.15, 0.2) is 30.3 Å². The van der Waals surface area contributed by atoms with Crippen molar-refractivity contribution < 1.29 is 4.79 Å². The molecule has 0 spiro atoms. The monoisotopic (exact) mass is 490 g/mol. The van der Waals surface area contributed by atoms with E-state index in [9.17, 15) is 4.79 Å². The molecule has 0 N–H and O–H groups in total. The summed E-state index contributed by atoms with van der Waals surface area (Å²) in [6.45, 7) is 7.58. The van der Waals surface area contributed by atoms with Gasteiger partial charge in [0.15, 0.2) is 0 Å². The number of hydrogen-bond donors (Lipinski definition) is 0. The highest BCUT2D eigenvalue weighted by molar-refractivity contribution is 5.84. The van der Waals surface area contributed by atoms with Crippen molar-refractivity contribution in [3.63, 3.8) is 0 Å². The summed E-state index contributed by atoms with van der Waals surface area (Å²) < 4.78 is 0. The Morgan fingerprint density at radius 1 is 1.00 bits per heavy atom. The summed E-state index contributed by atoms with van der Waals surface area (Å²) in [5, 5.41) is 0. The average Bonchev–Trinajstić information content (AvgIpc) is 2.93. The van der Waals surface area contributed by atoms with Crippen molar-refractivity contribution in [2.45, 2.75) is 70.4 Å². The van der Waals surface area contributed by atoms with Crippen LogP contribution in [0.2, 0.25) is 0 Å². The number of anilines is 2. The summed E-state index contributed by atoms with van der Waals surface area (Å²) in [5.74, 6) is 1.92. The Morgan fingerprint density at radius 3 is 2.39 bits per heavy atom. The minimum Gasteiger partial charge on any atom is -0.362 e. The molecule has 0 bridgehead atoms. The summed E-state index contributed by atoms with van der Waals surface area (Å²) in [7, 11) is 4.10. The van der Waals surface area contributed by atoms with E-state index in [2.05, 4.69) is 33.8 Å². The maximum Gasteiger partial charge on any atom is 0.230 e. The molecule has 1 saturated heterocycles. The Bertz CT molecular complexity index is 1030. The molecule has 7 nitrogen and oxygen atoms in total. The zero-order valence-corrected chi connectivity index (χ0v) is 22.3. The van der Waals surface area contributed by atoms with E-state index in [1.807, 2.05) is 37.2 Å². The zero-order chi connectivity index (χ0) is 25.1. The summed E-state index contributed by atoms with van der Waals surface area (Å²) in [4.78, 5) is 32.8. The number of benzene rings is 1. The lowest BCUT2D eigenvalue weighted by atomic mass is 9.93. The van der Waals surface area contributed by atoms with Crippen LogP contribution in [0.3, 0.4) is 0 Å². The van der Waals surface area contributed by atoms with Crippen molar-refractivity contribution in [2.24, 2.45) is 0 Å². The van der Waals surface area contributed by atoms with Gasteiger partial charge in [-0.1, -0.05) is 56.5 Å². The summed E-state index contributed by atoms with van der Waals surface area (Å²) >= 11 is 0. The van der Waals surface area contributed by atoms with Crippen LogP contribution in [0.5, 0.6) is 0 Å². The molecule has 3 heterocycles. The molecule has 1 aromatic carbocycles. The second-order valence-electron chi connectivity index (χ2n) is 10.9. The van der Waals surface area contributed by atoms with Crippen molar-refractivity contribution in [3.05, 3.63) is 47.2 Å². The summed E-state index contributed by atoms with van der Waals surface area (Å²) in [5.41, 5.74) is 3.31. The highest BCUT2D eigenvalue weighted by Gasteiger charge is 2.32. The molecule has 0 radical (unpaired) electrons. The Morgan fingerprint density at radius 2 is 1.72 bits per heavy atom. The Kier molecular flexibility index (Phi) is 7.75. The molecule has 1 saturated carbocycles. The van der Waals surface area contributed by atoms with Gasteiger partial charge in [-0.2, -0.15) is 4.98 Å². The van der Waals surface area contributed by atoms with Crippen LogP contribution in [0.4, 0.5) is 11.8 Å². The number of hydrogen-bond acceptors (Lipinski definition) is 6. The number of amides is 1. The van der Waals surface area contributed by atoms with Crippen molar-refractivity contribution >= 4 is 17.7 Å². The molecule has 1 aromatic heterocycles. The molecule has 0 unspecified atom stereocenters. The van der Waals surface area contributed by atoms with Crippen LogP contribution in [0, 0.1) is 0 Å². The van der Waals surface area contributed by atoms with Crippen molar-refractivity contribution in [1.82, 2.24) is 19.8 Å². The average molecular weight is 491 g/mol. The fraction of sp³-hybridized carbons (Fsp3) is 0.621. The van der Waals surface area contributed by atoms with E-state index in [4.69, 9.17) is 9.97 Å². The molecule has 1 atom stereocenters. The lowest BCUT2D eigenvalue weighted by Crippen LogP contribution is -2.51. The van der Waals surface area contributed by atoms with Gasteiger partial charge in [0.25, 0.3) is 0 Å². The van der Waals surface area contributed by atoms with Gasteiger partial charge in [0, 0.05) is 64.8 Å². The number of rotatable bonds is 6. The van der Waals surface area contributed by atoms with Gasteiger partial charge in [0.1, 0.15) is 5.82 Å².